The smallest absolute Gasteiger partial charge is 0.180 e. The third-order valence-electron chi connectivity index (χ3n) is 2.66. The van der Waals surface area contributed by atoms with E-state index in [-0.39, 0.29) is 10.6 Å². The van der Waals surface area contributed by atoms with Gasteiger partial charge in [-0.2, -0.15) is 0 Å². The Labute approximate surface area is 110 Å². The molecule has 0 radical (unpaired) electrons. The molecule has 1 unspecified atom stereocenters. The van der Waals surface area contributed by atoms with Gasteiger partial charge >= 0.3 is 0 Å². The molecule has 0 N–H and O–H groups in total. The number of carbonyl (C=O) groups excluding carboxylic acids is 1. The first-order chi connectivity index (χ1) is 8.18. The van der Waals surface area contributed by atoms with Crippen LogP contribution in [0.5, 0.6) is 0 Å². The maximum atomic E-state index is 12.2. The molecule has 1 atom stereocenters. The molecule has 0 amide bonds. The van der Waals surface area contributed by atoms with E-state index in [1.807, 2.05) is 61.5 Å². The summed E-state index contributed by atoms with van der Waals surface area (Å²) in [5, 5.41) is 0. The first-order valence-corrected chi connectivity index (χ1v) is 6.40. The molecule has 0 aliphatic rings. The van der Waals surface area contributed by atoms with Crippen molar-refractivity contribution < 1.29 is 4.79 Å². The lowest BCUT2D eigenvalue weighted by Crippen LogP contribution is -2.06. The van der Waals surface area contributed by atoms with Crippen LogP contribution >= 0.6 is 15.9 Å². The molecule has 0 bridgehead atoms. The van der Waals surface area contributed by atoms with Crippen molar-refractivity contribution in [1.29, 1.82) is 0 Å². The highest BCUT2D eigenvalue weighted by Gasteiger charge is 2.18. The minimum atomic E-state index is -0.273. The summed E-state index contributed by atoms with van der Waals surface area (Å²) in [7, 11) is 0. The van der Waals surface area contributed by atoms with Crippen molar-refractivity contribution in [1.82, 2.24) is 0 Å². The van der Waals surface area contributed by atoms with Crippen LogP contribution in [0.2, 0.25) is 0 Å². The van der Waals surface area contributed by atoms with Crippen LogP contribution in [0.1, 0.15) is 26.3 Å². The van der Waals surface area contributed by atoms with Crippen LogP contribution in [-0.2, 0) is 0 Å². The van der Waals surface area contributed by atoms with E-state index in [1.165, 1.54) is 5.56 Å². The van der Waals surface area contributed by atoms with E-state index < -0.39 is 0 Å². The lowest BCUT2D eigenvalue weighted by atomic mass is 10.0. The summed E-state index contributed by atoms with van der Waals surface area (Å²) in [4.78, 5) is 11.9. The second-order valence-corrected chi connectivity index (χ2v) is 4.92. The fourth-order valence-corrected chi connectivity index (χ4v) is 2.21. The molecule has 0 saturated heterocycles. The number of Topliss-reactive ketones (excluding diaryl/α,β-unsaturated/α-hetero) is 1. The van der Waals surface area contributed by atoms with Crippen LogP contribution in [-0.4, -0.2) is 5.78 Å². The van der Waals surface area contributed by atoms with E-state index in [4.69, 9.17) is 0 Å². The summed E-state index contributed by atoms with van der Waals surface area (Å²) in [6.45, 7) is 2.03. The highest BCUT2D eigenvalue weighted by atomic mass is 79.9. The van der Waals surface area contributed by atoms with E-state index >= 15 is 0 Å². The maximum Gasteiger partial charge on any atom is 0.180 e. The number of hydrogen-bond acceptors (Lipinski definition) is 1. The lowest BCUT2D eigenvalue weighted by molar-refractivity contribution is 0.0991. The van der Waals surface area contributed by atoms with Gasteiger partial charge in [0, 0.05) is 5.56 Å². The minimum absolute atomic E-state index is 0.0921. The van der Waals surface area contributed by atoms with Crippen molar-refractivity contribution in [3.63, 3.8) is 0 Å². The summed E-state index contributed by atoms with van der Waals surface area (Å²) < 4.78 is 0. The molecule has 2 aromatic rings. The largest absolute Gasteiger partial charge is 0.293 e. The Morgan fingerprint density at radius 3 is 2.18 bits per heavy atom. The third-order valence-corrected chi connectivity index (χ3v) is 3.60. The Balaban J connectivity index is 2.23. The standard InChI is InChI=1S/C15H13BrO/c1-11-7-9-12(10-8-11)14(16)15(17)13-5-3-2-4-6-13/h2-10,14H,1H3. The topological polar surface area (TPSA) is 17.1 Å². The van der Waals surface area contributed by atoms with E-state index in [2.05, 4.69) is 15.9 Å². The van der Waals surface area contributed by atoms with Gasteiger partial charge in [0.25, 0.3) is 0 Å². The molecule has 2 heteroatoms. The number of ketones is 1. The fourth-order valence-electron chi connectivity index (χ4n) is 1.64. The second-order valence-electron chi connectivity index (χ2n) is 4.00. The zero-order valence-corrected chi connectivity index (χ0v) is 11.1. The number of rotatable bonds is 3. The monoisotopic (exact) mass is 288 g/mol. The van der Waals surface area contributed by atoms with E-state index in [0.717, 1.165) is 11.1 Å². The Morgan fingerprint density at radius 1 is 1.00 bits per heavy atom. The fraction of sp³-hybridized carbons (Fsp3) is 0.133. The van der Waals surface area contributed by atoms with Crippen molar-refractivity contribution in [3.05, 3.63) is 71.3 Å². The Kier molecular flexibility index (Phi) is 3.75. The SMILES string of the molecule is Cc1ccc(C(Br)C(=O)c2ccccc2)cc1. The Bertz CT molecular complexity index is 502. The Hall–Kier alpha value is -1.41. The molecule has 0 aliphatic carbocycles. The van der Waals surface area contributed by atoms with Crippen molar-refractivity contribution in [2.75, 3.05) is 0 Å². The van der Waals surface area contributed by atoms with E-state index in [1.54, 1.807) is 0 Å². The highest BCUT2D eigenvalue weighted by Crippen LogP contribution is 2.27. The number of halogens is 1. The number of carbonyl (C=O) groups is 1. The van der Waals surface area contributed by atoms with Crippen LogP contribution in [0.3, 0.4) is 0 Å². The first-order valence-electron chi connectivity index (χ1n) is 5.48. The van der Waals surface area contributed by atoms with Gasteiger partial charge in [-0.05, 0) is 12.5 Å². The molecule has 0 saturated carbocycles. The quantitative estimate of drug-likeness (QED) is 0.607. The van der Waals surface area contributed by atoms with Gasteiger partial charge in [0.15, 0.2) is 5.78 Å². The predicted molar refractivity (Wildman–Crippen MR) is 73.6 cm³/mol. The molecule has 17 heavy (non-hydrogen) atoms. The second kappa shape index (κ2) is 5.28. The van der Waals surface area contributed by atoms with Crippen LogP contribution in [0.25, 0.3) is 0 Å². The van der Waals surface area contributed by atoms with Gasteiger partial charge in [0.1, 0.15) is 4.83 Å². The number of hydrogen-bond donors (Lipinski definition) is 0. The van der Waals surface area contributed by atoms with Crippen molar-refractivity contribution >= 4 is 21.7 Å². The normalized spacial score (nSPS) is 12.1. The number of aryl methyl sites for hydroxylation is 1. The molecule has 0 heterocycles. The molecular weight excluding hydrogens is 276 g/mol. The average molecular weight is 289 g/mol. The van der Waals surface area contributed by atoms with Gasteiger partial charge < -0.3 is 0 Å². The number of alkyl halides is 1. The van der Waals surface area contributed by atoms with Crippen LogP contribution in [0, 0.1) is 6.92 Å². The summed E-state index contributed by atoms with van der Waals surface area (Å²) in [5.74, 6) is 0.0921. The van der Waals surface area contributed by atoms with Crippen LogP contribution in [0.4, 0.5) is 0 Å². The zero-order chi connectivity index (χ0) is 12.3. The minimum Gasteiger partial charge on any atom is -0.293 e. The van der Waals surface area contributed by atoms with Crippen molar-refractivity contribution in [3.8, 4) is 0 Å². The van der Waals surface area contributed by atoms with Gasteiger partial charge in [-0.3, -0.25) is 4.79 Å². The van der Waals surface area contributed by atoms with Crippen molar-refractivity contribution in [2.45, 2.75) is 11.8 Å². The summed E-state index contributed by atoms with van der Waals surface area (Å²) in [6, 6.07) is 17.3. The molecule has 0 fully saturated rings. The first kappa shape index (κ1) is 12.1. The van der Waals surface area contributed by atoms with E-state index in [0.29, 0.717) is 0 Å². The zero-order valence-electron chi connectivity index (χ0n) is 9.56. The lowest BCUT2D eigenvalue weighted by Gasteiger charge is -2.09. The average Bonchev–Trinajstić information content (AvgIpc) is 2.39. The molecule has 0 aromatic heterocycles. The molecule has 1 nitrogen and oxygen atoms in total. The molecular formula is C15H13BrO. The van der Waals surface area contributed by atoms with Gasteiger partial charge in [-0.15, -0.1) is 0 Å². The molecule has 86 valence electrons. The predicted octanol–water partition coefficient (Wildman–Crippen LogP) is 4.31. The van der Waals surface area contributed by atoms with Crippen LogP contribution < -0.4 is 0 Å². The molecule has 2 rings (SSSR count). The van der Waals surface area contributed by atoms with Gasteiger partial charge in [-0.1, -0.05) is 76.1 Å². The van der Waals surface area contributed by atoms with Gasteiger partial charge in [0.05, 0.1) is 0 Å². The Morgan fingerprint density at radius 2 is 1.59 bits per heavy atom. The highest BCUT2D eigenvalue weighted by molar-refractivity contribution is 9.09. The van der Waals surface area contributed by atoms with E-state index in [9.17, 15) is 4.79 Å². The molecule has 2 aromatic carbocycles. The molecule has 0 aliphatic heterocycles. The molecule has 0 spiro atoms. The van der Waals surface area contributed by atoms with Gasteiger partial charge in [0.2, 0.25) is 0 Å². The van der Waals surface area contributed by atoms with Crippen molar-refractivity contribution in [2.24, 2.45) is 0 Å². The van der Waals surface area contributed by atoms with Crippen LogP contribution in [0.15, 0.2) is 54.6 Å². The summed E-state index contributed by atoms with van der Waals surface area (Å²) in [6.07, 6.45) is 0. The summed E-state index contributed by atoms with van der Waals surface area (Å²) >= 11 is 3.46. The maximum absolute atomic E-state index is 12.2. The summed E-state index contributed by atoms with van der Waals surface area (Å²) in [5.41, 5.74) is 2.92. The van der Waals surface area contributed by atoms with Gasteiger partial charge in [-0.25, -0.2) is 0 Å². The number of benzene rings is 2. The third kappa shape index (κ3) is 2.83.